The molecule has 1 heterocycles. The second-order valence-electron chi connectivity index (χ2n) is 11.2. The van der Waals surface area contributed by atoms with Crippen molar-refractivity contribution in [1.29, 1.82) is 0 Å². The molecular formula is C30H37ClN2O7. The maximum absolute atomic E-state index is 12.8. The lowest BCUT2D eigenvalue weighted by Crippen LogP contribution is -2.30. The van der Waals surface area contributed by atoms with Gasteiger partial charge in [0, 0.05) is 12.6 Å². The van der Waals surface area contributed by atoms with Gasteiger partial charge in [0.1, 0.15) is 17.2 Å². The van der Waals surface area contributed by atoms with E-state index in [1.807, 2.05) is 13.8 Å². The van der Waals surface area contributed by atoms with E-state index in [0.717, 1.165) is 12.5 Å². The van der Waals surface area contributed by atoms with Gasteiger partial charge in [-0.3, -0.25) is 9.59 Å². The van der Waals surface area contributed by atoms with E-state index in [9.17, 15) is 19.8 Å². The van der Waals surface area contributed by atoms with Crippen LogP contribution in [0.1, 0.15) is 64.9 Å². The van der Waals surface area contributed by atoms with Crippen LogP contribution in [0.3, 0.4) is 0 Å². The number of aromatic hydroxyl groups is 2. The summed E-state index contributed by atoms with van der Waals surface area (Å²) in [5.41, 5.74) is 0.690. The maximum atomic E-state index is 12.8. The quantitative estimate of drug-likeness (QED) is 0.207. The van der Waals surface area contributed by atoms with Crippen LogP contribution in [0.25, 0.3) is 22.5 Å². The Hall–Kier alpha value is -3.72. The number of carbonyl (C=O) groups is 2. The summed E-state index contributed by atoms with van der Waals surface area (Å²) >= 11 is 6.08. The summed E-state index contributed by atoms with van der Waals surface area (Å²) in [5.74, 6) is -0.476. The highest BCUT2D eigenvalue weighted by molar-refractivity contribution is 6.32. The largest absolute Gasteiger partial charge is 0.507 e. The topological polar surface area (TPSA) is 131 Å². The Labute approximate surface area is 239 Å². The van der Waals surface area contributed by atoms with Gasteiger partial charge >= 0.3 is 5.97 Å². The Morgan fingerprint density at radius 3 is 2.33 bits per heavy atom. The Morgan fingerprint density at radius 2 is 1.70 bits per heavy atom. The number of phenols is 2. The number of hydrogen-bond donors (Lipinski definition) is 3. The molecule has 3 aromatic rings. The Kier molecular flexibility index (Phi) is 9.73. The number of phenolic OH excluding ortho intramolecular Hbond substituents is 2. The minimum atomic E-state index is -0.440. The molecule has 0 spiro atoms. The van der Waals surface area contributed by atoms with E-state index < -0.39 is 5.91 Å². The molecule has 3 N–H and O–H groups in total. The zero-order valence-corrected chi connectivity index (χ0v) is 24.5. The smallest absolute Gasteiger partial charge is 0.306 e. The average Bonchev–Trinajstić information content (AvgIpc) is 3.29. The molecule has 0 aliphatic heterocycles. The van der Waals surface area contributed by atoms with Crippen molar-refractivity contribution in [2.45, 2.75) is 54.4 Å². The van der Waals surface area contributed by atoms with Crippen LogP contribution in [0.2, 0.25) is 5.02 Å². The van der Waals surface area contributed by atoms with Gasteiger partial charge in [0.15, 0.2) is 11.5 Å². The fraction of sp³-hybridized carbons (Fsp3) is 0.433. The summed E-state index contributed by atoms with van der Waals surface area (Å²) in [6, 6.07) is 9.53. The van der Waals surface area contributed by atoms with Crippen LogP contribution >= 0.6 is 11.6 Å². The maximum Gasteiger partial charge on any atom is 0.306 e. The molecule has 2 aromatic carbocycles. The minimum Gasteiger partial charge on any atom is -0.507 e. The summed E-state index contributed by atoms with van der Waals surface area (Å²) in [7, 11) is 0. The number of hydrogen-bond acceptors (Lipinski definition) is 8. The van der Waals surface area contributed by atoms with Gasteiger partial charge in [-0.25, -0.2) is 0 Å². The normalized spacial score (nSPS) is 11.8. The SMILES string of the molecule is CCNC(=O)c1noc(-c2cc(Cl)c(O)cc2O)c1-c1ccc(OCC(C)(C)CC(C)(C)CC(=O)OCC)cc1. The molecule has 9 nitrogen and oxygen atoms in total. The first-order chi connectivity index (χ1) is 18.8. The lowest BCUT2D eigenvalue weighted by atomic mass is 9.74. The molecule has 0 aliphatic carbocycles. The van der Waals surface area contributed by atoms with Gasteiger partial charge in [-0.1, -0.05) is 56.6 Å². The van der Waals surface area contributed by atoms with Crippen molar-refractivity contribution < 1.29 is 33.8 Å². The van der Waals surface area contributed by atoms with E-state index in [-0.39, 0.29) is 50.3 Å². The predicted octanol–water partition coefficient (Wildman–Crippen LogP) is 6.60. The van der Waals surface area contributed by atoms with E-state index in [1.54, 1.807) is 38.1 Å². The summed E-state index contributed by atoms with van der Waals surface area (Å²) in [5, 5.41) is 27.0. The molecule has 1 amide bonds. The molecule has 0 unspecified atom stereocenters. The average molecular weight is 573 g/mol. The standard InChI is InChI=1S/C30H37ClN2O7/c1-7-32-28(37)26-25(27(40-33-26)20-13-21(31)23(35)14-22(20)34)18-9-11-19(12-10-18)39-17-30(5,6)16-29(3,4)15-24(36)38-8-2/h9-14,34-35H,7-8,15-17H2,1-6H3,(H,32,37). The van der Waals surface area contributed by atoms with Crippen molar-refractivity contribution in [2.24, 2.45) is 10.8 Å². The Bertz CT molecular complexity index is 1350. The number of rotatable bonds is 12. The third-order valence-corrected chi connectivity index (χ3v) is 6.51. The Morgan fingerprint density at radius 1 is 1.02 bits per heavy atom. The molecule has 10 heteroatoms. The lowest BCUT2D eigenvalue weighted by Gasteiger charge is -2.34. The monoisotopic (exact) mass is 572 g/mol. The second kappa shape index (κ2) is 12.6. The molecule has 216 valence electrons. The van der Waals surface area contributed by atoms with E-state index in [1.165, 1.54) is 6.07 Å². The fourth-order valence-corrected chi connectivity index (χ4v) is 5.05. The van der Waals surface area contributed by atoms with Crippen LogP contribution in [0.4, 0.5) is 0 Å². The molecular weight excluding hydrogens is 536 g/mol. The molecule has 0 aliphatic rings. The number of nitrogens with one attached hydrogen (secondary N) is 1. The van der Waals surface area contributed by atoms with Crippen molar-refractivity contribution in [3.63, 3.8) is 0 Å². The molecule has 0 radical (unpaired) electrons. The van der Waals surface area contributed by atoms with Gasteiger partial charge < -0.3 is 29.5 Å². The number of amides is 1. The number of ether oxygens (including phenoxy) is 2. The molecule has 3 rings (SSSR count). The molecule has 40 heavy (non-hydrogen) atoms. The highest BCUT2D eigenvalue weighted by Gasteiger charge is 2.32. The summed E-state index contributed by atoms with van der Waals surface area (Å²) in [6.45, 7) is 13.0. The summed E-state index contributed by atoms with van der Waals surface area (Å²) in [6.07, 6.45) is 1.07. The summed E-state index contributed by atoms with van der Waals surface area (Å²) in [4.78, 5) is 24.8. The molecule has 0 bridgehead atoms. The number of halogens is 1. The molecule has 0 fully saturated rings. The van der Waals surface area contributed by atoms with Crippen LogP contribution in [0.15, 0.2) is 40.9 Å². The van der Waals surface area contributed by atoms with Crippen LogP contribution < -0.4 is 10.1 Å². The molecule has 0 saturated heterocycles. The van der Waals surface area contributed by atoms with Crippen molar-refractivity contribution in [2.75, 3.05) is 19.8 Å². The first-order valence-corrected chi connectivity index (χ1v) is 13.5. The van der Waals surface area contributed by atoms with E-state index in [2.05, 4.69) is 24.3 Å². The molecule has 1 aromatic heterocycles. The van der Waals surface area contributed by atoms with Gasteiger partial charge in [-0.15, -0.1) is 0 Å². The zero-order chi connectivity index (χ0) is 29.7. The Balaban J connectivity index is 1.85. The molecule has 0 atom stereocenters. The van der Waals surface area contributed by atoms with Crippen LogP contribution in [0.5, 0.6) is 17.2 Å². The van der Waals surface area contributed by atoms with Crippen molar-refractivity contribution in [3.8, 4) is 39.7 Å². The van der Waals surface area contributed by atoms with Crippen molar-refractivity contribution in [3.05, 3.63) is 47.1 Å². The first kappa shape index (κ1) is 30.8. The highest BCUT2D eigenvalue weighted by atomic mass is 35.5. The zero-order valence-electron chi connectivity index (χ0n) is 23.8. The number of esters is 1. The third kappa shape index (κ3) is 7.69. The number of nitrogens with zero attached hydrogens (tertiary/aromatic N) is 1. The van der Waals surface area contributed by atoms with E-state index in [0.29, 0.717) is 43.1 Å². The van der Waals surface area contributed by atoms with Crippen molar-refractivity contribution in [1.82, 2.24) is 10.5 Å². The number of aromatic nitrogens is 1. The van der Waals surface area contributed by atoms with Gasteiger partial charge in [0.25, 0.3) is 5.91 Å². The lowest BCUT2D eigenvalue weighted by molar-refractivity contribution is -0.145. The van der Waals surface area contributed by atoms with Crippen LogP contribution in [-0.2, 0) is 9.53 Å². The van der Waals surface area contributed by atoms with Gasteiger partial charge in [-0.2, -0.15) is 0 Å². The molecule has 0 saturated carbocycles. The second-order valence-corrected chi connectivity index (χ2v) is 11.6. The highest BCUT2D eigenvalue weighted by Crippen LogP contribution is 2.43. The fourth-order valence-electron chi connectivity index (χ4n) is 4.88. The first-order valence-electron chi connectivity index (χ1n) is 13.2. The summed E-state index contributed by atoms with van der Waals surface area (Å²) < 4.78 is 16.7. The van der Waals surface area contributed by atoms with E-state index in [4.69, 9.17) is 25.6 Å². The third-order valence-electron chi connectivity index (χ3n) is 6.21. The van der Waals surface area contributed by atoms with Gasteiger partial charge in [0.05, 0.1) is 35.8 Å². The number of carbonyl (C=O) groups excluding carboxylic acids is 2. The number of benzene rings is 2. The van der Waals surface area contributed by atoms with Crippen molar-refractivity contribution >= 4 is 23.5 Å². The van der Waals surface area contributed by atoms with Crippen LogP contribution in [-0.4, -0.2) is 47.0 Å². The predicted molar refractivity (Wildman–Crippen MR) is 153 cm³/mol. The van der Waals surface area contributed by atoms with Crippen LogP contribution in [0, 0.1) is 10.8 Å². The van der Waals surface area contributed by atoms with Gasteiger partial charge in [-0.05, 0) is 54.9 Å². The van der Waals surface area contributed by atoms with Gasteiger partial charge in [0.2, 0.25) is 0 Å². The van der Waals surface area contributed by atoms with E-state index >= 15 is 0 Å². The minimum absolute atomic E-state index is 0.00602.